The fraction of sp³-hybridized carbons (Fsp3) is 0.375. The van der Waals surface area contributed by atoms with E-state index < -0.39 is 0 Å². The second kappa shape index (κ2) is 10.6. The van der Waals surface area contributed by atoms with Gasteiger partial charge < -0.3 is 15.4 Å². The van der Waals surface area contributed by atoms with Crippen LogP contribution in [-0.2, 0) is 16.0 Å². The van der Waals surface area contributed by atoms with Crippen LogP contribution in [0.3, 0.4) is 0 Å². The summed E-state index contributed by atoms with van der Waals surface area (Å²) in [6.07, 6.45) is 0.713. The van der Waals surface area contributed by atoms with Gasteiger partial charge in [-0.3, -0.25) is 4.79 Å². The molecule has 0 fully saturated rings. The van der Waals surface area contributed by atoms with Gasteiger partial charge in [0.15, 0.2) is 5.13 Å². The predicted molar refractivity (Wildman–Crippen MR) is 102 cm³/mol. The minimum absolute atomic E-state index is 0. The molecule has 0 aliphatic heterocycles. The summed E-state index contributed by atoms with van der Waals surface area (Å²) in [6.45, 7) is 3.39. The number of carbonyl (C=O) groups excluding carboxylic acids is 1. The number of halogens is 2. The number of hydrogen-bond donors (Lipinski definition) is 2. The van der Waals surface area contributed by atoms with Crippen LogP contribution in [0, 0.1) is 6.92 Å². The molecule has 0 unspecified atom stereocenters. The van der Waals surface area contributed by atoms with Crippen molar-refractivity contribution in [2.24, 2.45) is 0 Å². The van der Waals surface area contributed by atoms with E-state index in [1.165, 1.54) is 11.3 Å². The lowest BCUT2D eigenvalue weighted by atomic mass is 10.1. The fourth-order valence-electron chi connectivity index (χ4n) is 2.00. The van der Waals surface area contributed by atoms with Crippen LogP contribution in [0.4, 0.5) is 5.13 Å². The summed E-state index contributed by atoms with van der Waals surface area (Å²) in [7, 11) is 1.63. The summed E-state index contributed by atoms with van der Waals surface area (Å²) < 4.78 is 4.91. The molecule has 1 aromatic heterocycles. The number of methoxy groups -OCH3 is 1. The van der Waals surface area contributed by atoms with Crippen molar-refractivity contribution in [2.45, 2.75) is 13.3 Å². The number of nitrogens with one attached hydrogen (secondary N) is 2. The lowest BCUT2D eigenvalue weighted by Gasteiger charge is -2.03. The Kier molecular flexibility index (Phi) is 9.25. The molecular formula is C16H21Cl2N3O2S. The average molecular weight is 390 g/mol. The Bertz CT molecular complexity index is 665. The Morgan fingerprint density at radius 3 is 2.83 bits per heavy atom. The van der Waals surface area contributed by atoms with Gasteiger partial charge in [-0.25, -0.2) is 4.98 Å². The van der Waals surface area contributed by atoms with Crippen molar-refractivity contribution in [2.75, 3.05) is 32.1 Å². The first kappa shape index (κ1) is 20.9. The number of hydrogen-bond acceptors (Lipinski definition) is 5. The average Bonchev–Trinajstić information content (AvgIpc) is 2.85. The molecule has 0 saturated heterocycles. The Morgan fingerprint density at radius 1 is 1.38 bits per heavy atom. The molecule has 1 amide bonds. The Labute approximate surface area is 157 Å². The first-order valence-electron chi connectivity index (χ1n) is 7.29. The van der Waals surface area contributed by atoms with E-state index in [4.69, 9.17) is 16.3 Å². The molecule has 1 heterocycles. The van der Waals surface area contributed by atoms with Gasteiger partial charge in [-0.1, -0.05) is 29.8 Å². The Morgan fingerprint density at radius 2 is 2.12 bits per heavy atom. The molecule has 24 heavy (non-hydrogen) atoms. The number of amides is 1. The molecule has 2 aromatic rings. The number of benzene rings is 1. The molecule has 8 heteroatoms. The van der Waals surface area contributed by atoms with Gasteiger partial charge in [-0.15, -0.1) is 23.7 Å². The number of anilines is 1. The number of aromatic nitrogens is 1. The molecule has 0 radical (unpaired) electrons. The Balaban J connectivity index is 0.00000288. The van der Waals surface area contributed by atoms with Gasteiger partial charge in [0.2, 0.25) is 5.91 Å². The molecule has 0 aliphatic carbocycles. The maximum Gasteiger partial charge on any atom is 0.240 e. The van der Waals surface area contributed by atoms with Crippen molar-refractivity contribution in [3.8, 4) is 0 Å². The maximum absolute atomic E-state index is 11.8. The third-order valence-electron chi connectivity index (χ3n) is 3.22. The molecule has 2 rings (SSSR count). The van der Waals surface area contributed by atoms with Crippen molar-refractivity contribution in [3.63, 3.8) is 0 Å². The van der Waals surface area contributed by atoms with Gasteiger partial charge in [-0.2, -0.15) is 0 Å². The number of ether oxygens (including phenoxy) is 1. The lowest BCUT2D eigenvalue weighted by molar-refractivity contribution is -0.115. The molecule has 5 nitrogen and oxygen atoms in total. The van der Waals surface area contributed by atoms with Crippen LogP contribution in [0.1, 0.15) is 16.1 Å². The number of thiazole rings is 1. The molecule has 2 N–H and O–H groups in total. The predicted octanol–water partition coefficient (Wildman–Crippen LogP) is 3.29. The summed E-state index contributed by atoms with van der Waals surface area (Å²) in [5, 5.41) is 7.17. The third-order valence-corrected chi connectivity index (χ3v) is 4.66. The first-order chi connectivity index (χ1) is 11.1. The first-order valence-corrected chi connectivity index (χ1v) is 8.49. The van der Waals surface area contributed by atoms with Crippen LogP contribution in [0.2, 0.25) is 5.02 Å². The zero-order valence-corrected chi connectivity index (χ0v) is 16.0. The van der Waals surface area contributed by atoms with Gasteiger partial charge in [0.25, 0.3) is 0 Å². The summed E-state index contributed by atoms with van der Waals surface area (Å²) in [5.74, 6) is -0.112. The topological polar surface area (TPSA) is 63.2 Å². The highest BCUT2D eigenvalue weighted by molar-refractivity contribution is 7.15. The zero-order valence-electron chi connectivity index (χ0n) is 13.6. The summed E-state index contributed by atoms with van der Waals surface area (Å²) in [4.78, 5) is 17.3. The van der Waals surface area contributed by atoms with E-state index in [0.29, 0.717) is 24.7 Å². The normalized spacial score (nSPS) is 10.3. The maximum atomic E-state index is 11.8. The van der Waals surface area contributed by atoms with E-state index in [0.717, 1.165) is 21.2 Å². The van der Waals surface area contributed by atoms with E-state index in [1.54, 1.807) is 7.11 Å². The molecule has 0 saturated carbocycles. The van der Waals surface area contributed by atoms with Crippen LogP contribution >= 0.6 is 35.3 Å². The highest BCUT2D eigenvalue weighted by Gasteiger charge is 2.12. The molecule has 0 spiro atoms. The van der Waals surface area contributed by atoms with Gasteiger partial charge in [0.05, 0.1) is 18.8 Å². The van der Waals surface area contributed by atoms with E-state index in [1.807, 2.05) is 31.2 Å². The largest absolute Gasteiger partial charge is 0.383 e. The van der Waals surface area contributed by atoms with Crippen molar-refractivity contribution in [1.29, 1.82) is 0 Å². The van der Waals surface area contributed by atoms with Crippen molar-refractivity contribution in [3.05, 3.63) is 45.4 Å². The number of aryl methyl sites for hydroxylation is 1. The van der Waals surface area contributed by atoms with E-state index >= 15 is 0 Å². The standard InChI is InChI=1S/C16H20ClN3O2S.ClH/c1-11-14(9-12-5-3-4-6-13(12)17)23-16(19-11)20-15(21)10-18-7-8-22-2;/h3-6,18H,7-10H2,1-2H3,(H,19,20,21);1H. The van der Waals surface area contributed by atoms with Crippen LogP contribution in [0.5, 0.6) is 0 Å². The Hall–Kier alpha value is -1.18. The number of carbonyl (C=O) groups is 1. The zero-order chi connectivity index (χ0) is 16.7. The summed E-state index contributed by atoms with van der Waals surface area (Å²) in [5.41, 5.74) is 1.97. The van der Waals surface area contributed by atoms with Crippen molar-refractivity contribution in [1.82, 2.24) is 10.3 Å². The van der Waals surface area contributed by atoms with E-state index in [2.05, 4.69) is 15.6 Å². The SMILES string of the molecule is COCCNCC(=O)Nc1nc(C)c(Cc2ccccc2Cl)s1.Cl. The van der Waals surface area contributed by atoms with Crippen LogP contribution < -0.4 is 10.6 Å². The van der Waals surface area contributed by atoms with Crippen LogP contribution in [0.15, 0.2) is 24.3 Å². The number of rotatable bonds is 8. The second-order valence-electron chi connectivity index (χ2n) is 5.01. The lowest BCUT2D eigenvalue weighted by Crippen LogP contribution is -2.30. The van der Waals surface area contributed by atoms with Crippen molar-refractivity contribution >= 4 is 46.4 Å². The fourth-order valence-corrected chi connectivity index (χ4v) is 3.20. The monoisotopic (exact) mass is 389 g/mol. The van der Waals surface area contributed by atoms with Gasteiger partial charge in [-0.05, 0) is 18.6 Å². The number of nitrogens with zero attached hydrogens (tertiary/aromatic N) is 1. The van der Waals surface area contributed by atoms with E-state index in [9.17, 15) is 4.79 Å². The van der Waals surface area contributed by atoms with Crippen LogP contribution in [-0.4, -0.2) is 37.7 Å². The molecule has 1 aromatic carbocycles. The minimum atomic E-state index is -0.112. The van der Waals surface area contributed by atoms with Crippen molar-refractivity contribution < 1.29 is 9.53 Å². The van der Waals surface area contributed by atoms with Crippen LogP contribution in [0.25, 0.3) is 0 Å². The highest BCUT2D eigenvalue weighted by atomic mass is 35.5. The minimum Gasteiger partial charge on any atom is -0.383 e. The van der Waals surface area contributed by atoms with Gasteiger partial charge in [0.1, 0.15) is 0 Å². The smallest absolute Gasteiger partial charge is 0.240 e. The molecule has 0 bridgehead atoms. The molecule has 0 atom stereocenters. The summed E-state index contributed by atoms with van der Waals surface area (Å²) in [6, 6.07) is 7.75. The molecule has 132 valence electrons. The van der Waals surface area contributed by atoms with E-state index in [-0.39, 0.29) is 24.9 Å². The van der Waals surface area contributed by atoms with Gasteiger partial charge >= 0.3 is 0 Å². The third kappa shape index (κ3) is 6.37. The highest BCUT2D eigenvalue weighted by Crippen LogP contribution is 2.27. The molecule has 0 aliphatic rings. The quantitative estimate of drug-likeness (QED) is 0.679. The molecular weight excluding hydrogens is 369 g/mol. The second-order valence-corrected chi connectivity index (χ2v) is 6.50. The summed E-state index contributed by atoms with van der Waals surface area (Å²) >= 11 is 7.68. The van der Waals surface area contributed by atoms with Gasteiger partial charge in [0, 0.05) is 30.0 Å².